The molecule has 108 valence electrons. The monoisotopic (exact) mass is 269 g/mol. The number of carbonyl (C=O) groups excluding carboxylic acids is 1. The molecule has 0 aliphatic rings. The van der Waals surface area contributed by atoms with E-state index in [0.717, 1.165) is 19.6 Å². The fourth-order valence-corrected chi connectivity index (χ4v) is 1.85. The van der Waals surface area contributed by atoms with E-state index in [-0.39, 0.29) is 12.2 Å². The summed E-state index contributed by atoms with van der Waals surface area (Å²) in [5.41, 5.74) is 6.54. The topological polar surface area (TPSA) is 86.3 Å². The number of hydrogen-bond donors (Lipinski definition) is 1. The molecule has 0 atom stereocenters. The molecule has 1 rings (SSSR count). The second kappa shape index (κ2) is 7.85. The lowest BCUT2D eigenvalue weighted by atomic mass is 10.3. The molecule has 0 aromatic carbocycles. The number of likely N-dealkylation sites (N-methyl/N-ethyl adjacent to an activating group) is 1. The van der Waals surface area contributed by atoms with Gasteiger partial charge in [-0.15, -0.1) is 5.10 Å². The van der Waals surface area contributed by atoms with Crippen molar-refractivity contribution >= 4 is 5.97 Å². The number of esters is 1. The highest BCUT2D eigenvalue weighted by Crippen LogP contribution is 2.07. The van der Waals surface area contributed by atoms with E-state index in [0.29, 0.717) is 18.8 Å². The van der Waals surface area contributed by atoms with Crippen LogP contribution in [0.3, 0.4) is 0 Å². The van der Waals surface area contributed by atoms with Crippen LogP contribution in [0, 0.1) is 0 Å². The van der Waals surface area contributed by atoms with Crippen molar-refractivity contribution in [1.82, 2.24) is 19.9 Å². The van der Waals surface area contributed by atoms with Crippen molar-refractivity contribution in [3.05, 3.63) is 11.4 Å². The van der Waals surface area contributed by atoms with Gasteiger partial charge in [0.05, 0.1) is 18.8 Å². The lowest BCUT2D eigenvalue weighted by Gasteiger charge is -2.18. The number of aromatic nitrogens is 3. The first-order valence-corrected chi connectivity index (χ1v) is 6.69. The van der Waals surface area contributed by atoms with Crippen molar-refractivity contribution in [2.75, 3.05) is 26.2 Å². The number of carbonyl (C=O) groups is 1. The van der Waals surface area contributed by atoms with E-state index < -0.39 is 5.97 Å². The standard InChI is InChI=1S/C12H23N5O2/c1-4-16(5-2)7-8-17-10(9-13)11(14-15-17)12(18)19-6-3/h4-9,13H2,1-3H3. The quantitative estimate of drug-likeness (QED) is 0.681. The second-order valence-electron chi connectivity index (χ2n) is 4.06. The van der Waals surface area contributed by atoms with Crippen molar-refractivity contribution in [2.24, 2.45) is 5.73 Å². The Morgan fingerprint density at radius 2 is 2.05 bits per heavy atom. The zero-order valence-electron chi connectivity index (χ0n) is 11.9. The van der Waals surface area contributed by atoms with Crippen molar-refractivity contribution in [3.8, 4) is 0 Å². The molecule has 0 aliphatic heterocycles. The molecule has 7 heteroatoms. The Kier molecular flexibility index (Phi) is 6.44. The summed E-state index contributed by atoms with van der Waals surface area (Å²) in [7, 11) is 0. The molecular formula is C12H23N5O2. The van der Waals surface area contributed by atoms with Gasteiger partial charge >= 0.3 is 5.97 Å². The molecule has 0 bridgehead atoms. The van der Waals surface area contributed by atoms with Crippen LogP contribution in [0.2, 0.25) is 0 Å². The maximum Gasteiger partial charge on any atom is 0.360 e. The maximum absolute atomic E-state index is 11.7. The van der Waals surface area contributed by atoms with Gasteiger partial charge < -0.3 is 15.4 Å². The summed E-state index contributed by atoms with van der Waals surface area (Å²) < 4.78 is 6.62. The van der Waals surface area contributed by atoms with E-state index in [1.807, 2.05) is 0 Å². The molecular weight excluding hydrogens is 246 g/mol. The Bertz CT molecular complexity index is 401. The van der Waals surface area contributed by atoms with Gasteiger partial charge in [-0.05, 0) is 20.0 Å². The van der Waals surface area contributed by atoms with Crippen molar-refractivity contribution in [1.29, 1.82) is 0 Å². The third-order valence-corrected chi connectivity index (χ3v) is 3.02. The first-order valence-electron chi connectivity index (χ1n) is 6.69. The molecule has 0 fully saturated rings. The number of nitrogens with two attached hydrogens (primary N) is 1. The summed E-state index contributed by atoms with van der Waals surface area (Å²) in [5.74, 6) is -0.461. The Hall–Kier alpha value is -1.47. The average Bonchev–Trinajstić information content (AvgIpc) is 2.83. The molecule has 0 saturated carbocycles. The highest BCUT2D eigenvalue weighted by Gasteiger charge is 2.19. The molecule has 1 heterocycles. The Balaban J connectivity index is 2.77. The molecule has 0 saturated heterocycles. The number of rotatable bonds is 8. The van der Waals surface area contributed by atoms with Gasteiger partial charge in [-0.3, -0.25) is 0 Å². The molecule has 1 aromatic heterocycles. The molecule has 0 amide bonds. The summed E-state index contributed by atoms with van der Waals surface area (Å²) in [5, 5.41) is 7.87. The lowest BCUT2D eigenvalue weighted by Crippen LogP contribution is -2.28. The fraction of sp³-hybridized carbons (Fsp3) is 0.750. The average molecular weight is 269 g/mol. The van der Waals surface area contributed by atoms with E-state index in [4.69, 9.17) is 10.5 Å². The zero-order valence-corrected chi connectivity index (χ0v) is 11.9. The number of ether oxygens (including phenoxy) is 1. The predicted molar refractivity (Wildman–Crippen MR) is 71.7 cm³/mol. The minimum atomic E-state index is -0.461. The molecule has 0 spiro atoms. The lowest BCUT2D eigenvalue weighted by molar-refractivity contribution is 0.0518. The molecule has 1 aromatic rings. The second-order valence-corrected chi connectivity index (χ2v) is 4.06. The van der Waals surface area contributed by atoms with Gasteiger partial charge in [-0.1, -0.05) is 19.1 Å². The third kappa shape index (κ3) is 4.00. The minimum Gasteiger partial charge on any atom is -0.461 e. The Labute approximate surface area is 113 Å². The van der Waals surface area contributed by atoms with Crippen molar-refractivity contribution in [2.45, 2.75) is 33.9 Å². The van der Waals surface area contributed by atoms with Crippen molar-refractivity contribution in [3.63, 3.8) is 0 Å². The van der Waals surface area contributed by atoms with E-state index in [9.17, 15) is 4.79 Å². The normalized spacial score (nSPS) is 11.0. The van der Waals surface area contributed by atoms with Crippen LogP contribution in [0.25, 0.3) is 0 Å². The molecule has 0 unspecified atom stereocenters. The van der Waals surface area contributed by atoms with Crippen LogP contribution in [0.1, 0.15) is 37.0 Å². The Morgan fingerprint density at radius 1 is 1.37 bits per heavy atom. The van der Waals surface area contributed by atoms with E-state index in [2.05, 4.69) is 29.1 Å². The van der Waals surface area contributed by atoms with Gasteiger partial charge in [0.2, 0.25) is 0 Å². The van der Waals surface area contributed by atoms with Crippen LogP contribution >= 0.6 is 0 Å². The van der Waals surface area contributed by atoms with Gasteiger partial charge in [-0.25, -0.2) is 9.48 Å². The van der Waals surface area contributed by atoms with E-state index in [1.54, 1.807) is 11.6 Å². The van der Waals surface area contributed by atoms with Crippen LogP contribution in [0.15, 0.2) is 0 Å². The number of nitrogens with zero attached hydrogens (tertiary/aromatic N) is 4. The number of hydrogen-bond acceptors (Lipinski definition) is 6. The summed E-state index contributed by atoms with van der Waals surface area (Å²) in [4.78, 5) is 14.0. The predicted octanol–water partition coefficient (Wildman–Crippen LogP) is 0.255. The Morgan fingerprint density at radius 3 is 2.58 bits per heavy atom. The van der Waals surface area contributed by atoms with Crippen LogP contribution in [0.5, 0.6) is 0 Å². The molecule has 2 N–H and O–H groups in total. The SMILES string of the molecule is CCOC(=O)c1nnn(CCN(CC)CC)c1CN. The van der Waals surface area contributed by atoms with Crippen LogP contribution in [0.4, 0.5) is 0 Å². The maximum atomic E-state index is 11.7. The first kappa shape index (κ1) is 15.6. The smallest absolute Gasteiger partial charge is 0.360 e. The summed E-state index contributed by atoms with van der Waals surface area (Å²) >= 11 is 0. The van der Waals surface area contributed by atoms with Gasteiger partial charge in [0.1, 0.15) is 0 Å². The van der Waals surface area contributed by atoms with Crippen LogP contribution < -0.4 is 5.73 Å². The van der Waals surface area contributed by atoms with E-state index in [1.165, 1.54) is 0 Å². The first-order chi connectivity index (χ1) is 9.17. The largest absolute Gasteiger partial charge is 0.461 e. The van der Waals surface area contributed by atoms with E-state index >= 15 is 0 Å². The van der Waals surface area contributed by atoms with Crippen LogP contribution in [-0.4, -0.2) is 52.1 Å². The summed E-state index contributed by atoms with van der Waals surface area (Å²) in [6.45, 7) is 9.99. The summed E-state index contributed by atoms with van der Waals surface area (Å²) in [6, 6.07) is 0. The van der Waals surface area contributed by atoms with Gasteiger partial charge in [-0.2, -0.15) is 0 Å². The molecule has 19 heavy (non-hydrogen) atoms. The zero-order chi connectivity index (χ0) is 14.3. The molecule has 0 aliphatic carbocycles. The van der Waals surface area contributed by atoms with Crippen LogP contribution in [-0.2, 0) is 17.8 Å². The van der Waals surface area contributed by atoms with Crippen molar-refractivity contribution < 1.29 is 9.53 Å². The van der Waals surface area contributed by atoms with Gasteiger partial charge in [0, 0.05) is 13.1 Å². The third-order valence-electron chi connectivity index (χ3n) is 3.02. The molecule has 7 nitrogen and oxygen atoms in total. The highest BCUT2D eigenvalue weighted by atomic mass is 16.5. The molecule has 0 radical (unpaired) electrons. The fourth-order valence-electron chi connectivity index (χ4n) is 1.85. The van der Waals surface area contributed by atoms with Gasteiger partial charge in [0.15, 0.2) is 5.69 Å². The van der Waals surface area contributed by atoms with Gasteiger partial charge in [0.25, 0.3) is 0 Å². The summed E-state index contributed by atoms with van der Waals surface area (Å²) in [6.07, 6.45) is 0. The highest BCUT2D eigenvalue weighted by molar-refractivity contribution is 5.88. The minimum absolute atomic E-state index is 0.222.